The Balaban J connectivity index is 1.70. The second-order valence-corrected chi connectivity index (χ2v) is 7.75. The quantitative estimate of drug-likeness (QED) is 0.679. The monoisotopic (exact) mass is 325 g/mol. The first kappa shape index (κ1) is 14.3. The Kier molecular flexibility index (Phi) is 4.55. The molecule has 0 bridgehead atoms. The Bertz CT molecular complexity index is 533. The standard InChI is InChI=1S/C14H16N2OS3/c17-13-12(9-11-5-4-8-19-11)20-14(18)16(13)10-15-6-2-1-3-7-15/h4-5,8-9H,1-3,6-7,10H2/p+1/b12-9-. The lowest BCUT2D eigenvalue weighted by molar-refractivity contribution is -0.911. The van der Waals surface area contributed by atoms with E-state index >= 15 is 0 Å². The Hall–Kier alpha value is -0.690. The summed E-state index contributed by atoms with van der Waals surface area (Å²) >= 11 is 8.45. The van der Waals surface area contributed by atoms with Crippen LogP contribution in [0, 0.1) is 0 Å². The Labute approximate surface area is 132 Å². The van der Waals surface area contributed by atoms with Crippen LogP contribution in [0.1, 0.15) is 24.1 Å². The smallest absolute Gasteiger partial charge is 0.270 e. The summed E-state index contributed by atoms with van der Waals surface area (Å²) in [6, 6.07) is 4.02. The Morgan fingerprint density at radius 2 is 2.15 bits per heavy atom. The molecule has 1 aromatic rings. The van der Waals surface area contributed by atoms with E-state index in [1.807, 2.05) is 23.6 Å². The lowest BCUT2D eigenvalue weighted by Crippen LogP contribution is -3.14. The lowest BCUT2D eigenvalue weighted by Gasteiger charge is -2.27. The molecule has 0 atom stereocenters. The average Bonchev–Trinajstić information content (AvgIpc) is 3.05. The number of rotatable bonds is 3. The molecule has 3 rings (SSSR count). The number of carbonyl (C=O) groups excluding carboxylic acids is 1. The molecule has 1 N–H and O–H groups in total. The van der Waals surface area contributed by atoms with Crippen LogP contribution in [0.5, 0.6) is 0 Å². The van der Waals surface area contributed by atoms with Crippen LogP contribution in [0.3, 0.4) is 0 Å². The van der Waals surface area contributed by atoms with Crippen molar-refractivity contribution in [1.82, 2.24) is 4.90 Å². The number of piperidine rings is 1. The van der Waals surface area contributed by atoms with Crippen molar-refractivity contribution in [1.29, 1.82) is 0 Å². The van der Waals surface area contributed by atoms with Gasteiger partial charge in [0, 0.05) is 4.88 Å². The minimum atomic E-state index is 0.0754. The maximum atomic E-state index is 12.5. The van der Waals surface area contributed by atoms with Crippen molar-refractivity contribution >= 4 is 51.6 Å². The third-order valence-electron chi connectivity index (χ3n) is 3.63. The van der Waals surface area contributed by atoms with Crippen molar-refractivity contribution in [3.63, 3.8) is 0 Å². The highest BCUT2D eigenvalue weighted by molar-refractivity contribution is 8.26. The summed E-state index contributed by atoms with van der Waals surface area (Å²) in [5.74, 6) is 0.0754. The molecule has 0 saturated carbocycles. The van der Waals surface area contributed by atoms with E-state index < -0.39 is 0 Å². The SMILES string of the molecule is O=C1/C(=C/c2cccs2)SC(=S)N1C[NH+]1CCCCC1. The largest absolute Gasteiger partial charge is 0.317 e. The summed E-state index contributed by atoms with van der Waals surface area (Å²) in [4.78, 5) is 17.6. The van der Waals surface area contributed by atoms with Crippen LogP contribution in [0.15, 0.2) is 22.4 Å². The van der Waals surface area contributed by atoms with Gasteiger partial charge in [-0.3, -0.25) is 4.79 Å². The first-order valence-corrected chi connectivity index (χ1v) is 8.97. The zero-order valence-corrected chi connectivity index (χ0v) is 13.6. The fourth-order valence-corrected chi connectivity index (χ4v) is 4.55. The van der Waals surface area contributed by atoms with Crippen LogP contribution < -0.4 is 4.90 Å². The van der Waals surface area contributed by atoms with Gasteiger partial charge in [0.25, 0.3) is 5.91 Å². The summed E-state index contributed by atoms with van der Waals surface area (Å²) in [6.07, 6.45) is 5.79. The number of carbonyl (C=O) groups is 1. The first-order valence-electron chi connectivity index (χ1n) is 6.86. The van der Waals surface area contributed by atoms with E-state index in [4.69, 9.17) is 12.2 Å². The van der Waals surface area contributed by atoms with Crippen molar-refractivity contribution in [3.05, 3.63) is 27.3 Å². The topological polar surface area (TPSA) is 24.8 Å². The highest BCUT2D eigenvalue weighted by Gasteiger charge is 2.34. The van der Waals surface area contributed by atoms with Gasteiger partial charge in [-0.05, 0) is 36.8 Å². The van der Waals surface area contributed by atoms with E-state index in [1.165, 1.54) is 35.9 Å². The normalized spacial score (nSPS) is 23.0. The number of amides is 1. The van der Waals surface area contributed by atoms with Gasteiger partial charge in [0.2, 0.25) is 0 Å². The van der Waals surface area contributed by atoms with Crippen LogP contribution >= 0.6 is 35.3 Å². The highest BCUT2D eigenvalue weighted by atomic mass is 32.2. The second-order valence-electron chi connectivity index (χ2n) is 5.09. The van der Waals surface area contributed by atoms with Crippen LogP contribution in [-0.4, -0.2) is 34.9 Å². The summed E-state index contributed by atoms with van der Waals surface area (Å²) in [6.45, 7) is 3.04. The van der Waals surface area contributed by atoms with E-state index in [9.17, 15) is 4.79 Å². The molecule has 0 unspecified atom stereocenters. The minimum Gasteiger partial charge on any atom is -0.317 e. The number of nitrogens with zero attached hydrogens (tertiary/aromatic N) is 1. The summed E-state index contributed by atoms with van der Waals surface area (Å²) < 4.78 is 0.705. The molecule has 20 heavy (non-hydrogen) atoms. The molecule has 1 aromatic heterocycles. The molecule has 2 aliphatic rings. The molecule has 0 spiro atoms. The van der Waals surface area contributed by atoms with Gasteiger partial charge in [0.1, 0.15) is 0 Å². The van der Waals surface area contributed by atoms with Gasteiger partial charge in [0.05, 0.1) is 18.0 Å². The number of hydrogen-bond donors (Lipinski definition) is 1. The molecule has 3 heterocycles. The van der Waals surface area contributed by atoms with Crippen LogP contribution in [0.4, 0.5) is 0 Å². The predicted octanol–water partition coefficient (Wildman–Crippen LogP) is 1.98. The Morgan fingerprint density at radius 1 is 1.35 bits per heavy atom. The van der Waals surface area contributed by atoms with Gasteiger partial charge >= 0.3 is 0 Å². The summed E-state index contributed by atoms with van der Waals surface area (Å²) in [7, 11) is 0. The van der Waals surface area contributed by atoms with Gasteiger partial charge in [-0.2, -0.15) is 0 Å². The molecule has 106 valence electrons. The third kappa shape index (κ3) is 3.14. The predicted molar refractivity (Wildman–Crippen MR) is 88.7 cm³/mol. The molecular weight excluding hydrogens is 308 g/mol. The number of thiocarbonyl (C=S) groups is 1. The van der Waals surface area contributed by atoms with Gasteiger partial charge in [-0.25, -0.2) is 4.90 Å². The number of thiophene rings is 1. The van der Waals surface area contributed by atoms with Gasteiger partial charge in [-0.1, -0.05) is 30.0 Å². The van der Waals surface area contributed by atoms with E-state index in [0.29, 0.717) is 4.32 Å². The number of quaternary nitrogens is 1. The zero-order chi connectivity index (χ0) is 13.9. The maximum absolute atomic E-state index is 12.5. The Morgan fingerprint density at radius 3 is 2.85 bits per heavy atom. The molecule has 6 heteroatoms. The molecule has 2 saturated heterocycles. The van der Waals surface area contributed by atoms with Crippen LogP contribution in [0.25, 0.3) is 6.08 Å². The van der Waals surface area contributed by atoms with Gasteiger partial charge in [0.15, 0.2) is 11.0 Å². The number of likely N-dealkylation sites (tertiary alicyclic amines) is 1. The fraction of sp³-hybridized carbons (Fsp3) is 0.429. The van der Waals surface area contributed by atoms with Crippen LogP contribution in [-0.2, 0) is 4.79 Å². The van der Waals surface area contributed by atoms with E-state index in [1.54, 1.807) is 16.2 Å². The number of hydrogen-bond acceptors (Lipinski definition) is 4. The van der Waals surface area contributed by atoms with Crippen molar-refractivity contribution in [2.24, 2.45) is 0 Å². The molecule has 0 radical (unpaired) electrons. The fourth-order valence-electron chi connectivity index (χ4n) is 2.57. The molecule has 0 aliphatic carbocycles. The van der Waals surface area contributed by atoms with Crippen molar-refractivity contribution < 1.29 is 9.69 Å². The highest BCUT2D eigenvalue weighted by Crippen LogP contribution is 2.32. The van der Waals surface area contributed by atoms with E-state index in [-0.39, 0.29) is 5.91 Å². The third-order valence-corrected chi connectivity index (χ3v) is 5.83. The maximum Gasteiger partial charge on any atom is 0.270 e. The minimum absolute atomic E-state index is 0.0754. The lowest BCUT2D eigenvalue weighted by atomic mass is 10.1. The average molecular weight is 326 g/mol. The van der Waals surface area contributed by atoms with E-state index in [0.717, 1.165) is 29.5 Å². The summed E-state index contributed by atoms with van der Waals surface area (Å²) in [5, 5.41) is 2.02. The van der Waals surface area contributed by atoms with E-state index in [2.05, 4.69) is 0 Å². The molecule has 0 aromatic carbocycles. The van der Waals surface area contributed by atoms with Crippen molar-refractivity contribution in [2.75, 3.05) is 19.8 Å². The van der Waals surface area contributed by atoms with Crippen molar-refractivity contribution in [2.45, 2.75) is 19.3 Å². The number of nitrogens with one attached hydrogen (secondary N) is 1. The molecule has 2 aliphatic heterocycles. The molecular formula is C14H17N2OS3+. The first-order chi connectivity index (χ1) is 9.74. The molecule has 3 nitrogen and oxygen atoms in total. The van der Waals surface area contributed by atoms with Crippen LogP contribution in [0.2, 0.25) is 0 Å². The van der Waals surface area contributed by atoms with Crippen molar-refractivity contribution in [3.8, 4) is 0 Å². The zero-order valence-electron chi connectivity index (χ0n) is 11.1. The van der Waals surface area contributed by atoms with Gasteiger partial charge < -0.3 is 4.90 Å². The summed E-state index contributed by atoms with van der Waals surface area (Å²) in [5.41, 5.74) is 0. The second kappa shape index (κ2) is 6.39. The molecule has 1 amide bonds. The number of thioether (sulfide) groups is 1. The molecule has 2 fully saturated rings. The van der Waals surface area contributed by atoms with Gasteiger partial charge in [-0.15, -0.1) is 11.3 Å².